The molecule has 0 heterocycles. The minimum absolute atomic E-state index is 0.132. The molecule has 1 saturated carbocycles. The topological polar surface area (TPSA) is 89.5 Å². The largest absolute Gasteiger partial charge is 0.493 e. The second-order valence-electron chi connectivity index (χ2n) is 7.79. The molecule has 0 spiro atoms. The van der Waals surface area contributed by atoms with Gasteiger partial charge in [-0.2, -0.15) is 0 Å². The fourth-order valence-corrected chi connectivity index (χ4v) is 4.01. The molecule has 2 aromatic carbocycles. The number of carbonyl (C=O) groups excluding carboxylic acids is 2. The maximum Gasteiger partial charge on any atom is 0.338 e. The first-order valence-corrected chi connectivity index (χ1v) is 10.8. The SMILES string of the molecule is COc1ccc(C(=O)OCC2CCCC2COC(=O)c2ccc(OC)c(OC)c2)cc1OC. The first kappa shape index (κ1) is 24.2. The minimum Gasteiger partial charge on any atom is -0.493 e. The van der Waals surface area contributed by atoms with E-state index >= 15 is 0 Å². The molecule has 33 heavy (non-hydrogen) atoms. The molecule has 1 aliphatic rings. The van der Waals surface area contributed by atoms with E-state index in [-0.39, 0.29) is 25.0 Å². The molecule has 8 heteroatoms. The summed E-state index contributed by atoms with van der Waals surface area (Å²) in [5.41, 5.74) is 0.782. The van der Waals surface area contributed by atoms with Crippen LogP contribution in [0.3, 0.4) is 0 Å². The third kappa shape index (κ3) is 5.88. The number of ether oxygens (including phenoxy) is 6. The van der Waals surface area contributed by atoms with Gasteiger partial charge in [0.05, 0.1) is 52.8 Å². The van der Waals surface area contributed by atoms with Gasteiger partial charge in [-0.3, -0.25) is 0 Å². The highest BCUT2D eigenvalue weighted by Crippen LogP contribution is 2.33. The Kier molecular flexibility index (Phi) is 8.40. The fraction of sp³-hybridized carbons (Fsp3) is 0.440. The second-order valence-corrected chi connectivity index (χ2v) is 7.79. The summed E-state index contributed by atoms with van der Waals surface area (Å²) in [5.74, 6) is 1.43. The van der Waals surface area contributed by atoms with Crippen molar-refractivity contribution in [2.45, 2.75) is 19.3 Å². The number of rotatable bonds is 10. The molecule has 0 bridgehead atoms. The van der Waals surface area contributed by atoms with Gasteiger partial charge in [0.25, 0.3) is 0 Å². The Hall–Kier alpha value is -3.42. The molecule has 0 saturated heterocycles. The van der Waals surface area contributed by atoms with E-state index in [1.807, 2.05) is 0 Å². The molecule has 178 valence electrons. The van der Waals surface area contributed by atoms with Crippen molar-refractivity contribution in [3.05, 3.63) is 47.5 Å². The predicted molar refractivity (Wildman–Crippen MR) is 120 cm³/mol. The Morgan fingerprint density at radius 2 is 1.06 bits per heavy atom. The number of esters is 2. The molecule has 2 aromatic rings. The highest BCUT2D eigenvalue weighted by atomic mass is 16.5. The normalized spacial score (nSPS) is 17.2. The molecule has 1 aliphatic carbocycles. The van der Waals surface area contributed by atoms with Crippen molar-refractivity contribution in [3.8, 4) is 23.0 Å². The minimum atomic E-state index is -0.427. The number of hydrogen-bond acceptors (Lipinski definition) is 8. The highest BCUT2D eigenvalue weighted by molar-refractivity contribution is 5.90. The maximum absolute atomic E-state index is 12.5. The predicted octanol–water partition coefficient (Wildman–Crippen LogP) is 4.15. The van der Waals surface area contributed by atoms with E-state index in [0.717, 1.165) is 19.3 Å². The van der Waals surface area contributed by atoms with Crippen molar-refractivity contribution in [1.29, 1.82) is 0 Å². The summed E-state index contributed by atoms with van der Waals surface area (Å²) in [4.78, 5) is 25.0. The zero-order valence-electron chi connectivity index (χ0n) is 19.4. The van der Waals surface area contributed by atoms with Crippen LogP contribution in [0.1, 0.15) is 40.0 Å². The average Bonchev–Trinajstić information content (AvgIpc) is 3.32. The van der Waals surface area contributed by atoms with Crippen molar-refractivity contribution in [1.82, 2.24) is 0 Å². The van der Waals surface area contributed by atoms with Crippen LogP contribution in [0, 0.1) is 11.8 Å². The molecule has 0 N–H and O–H groups in total. The maximum atomic E-state index is 12.5. The van der Waals surface area contributed by atoms with Crippen LogP contribution in [-0.4, -0.2) is 53.6 Å². The molecule has 8 nitrogen and oxygen atoms in total. The van der Waals surface area contributed by atoms with Gasteiger partial charge in [0.1, 0.15) is 0 Å². The average molecular weight is 459 g/mol. The van der Waals surface area contributed by atoms with E-state index in [2.05, 4.69) is 0 Å². The van der Waals surface area contributed by atoms with Crippen molar-refractivity contribution in [2.75, 3.05) is 41.7 Å². The van der Waals surface area contributed by atoms with Crippen LogP contribution in [0.2, 0.25) is 0 Å². The third-order valence-corrected chi connectivity index (χ3v) is 5.91. The van der Waals surface area contributed by atoms with Gasteiger partial charge in [-0.1, -0.05) is 6.42 Å². The van der Waals surface area contributed by atoms with Gasteiger partial charge in [-0.25, -0.2) is 9.59 Å². The summed E-state index contributed by atoms with van der Waals surface area (Å²) in [6, 6.07) is 9.81. The van der Waals surface area contributed by atoms with Gasteiger partial charge in [0.15, 0.2) is 23.0 Å². The van der Waals surface area contributed by atoms with Crippen molar-refractivity contribution < 1.29 is 38.0 Å². The summed E-state index contributed by atoms with van der Waals surface area (Å²) in [5, 5.41) is 0. The van der Waals surface area contributed by atoms with Gasteiger partial charge in [-0.05, 0) is 61.1 Å². The molecular weight excluding hydrogens is 428 g/mol. The van der Waals surface area contributed by atoms with E-state index in [0.29, 0.717) is 34.1 Å². The van der Waals surface area contributed by atoms with Gasteiger partial charge in [-0.15, -0.1) is 0 Å². The van der Waals surface area contributed by atoms with Gasteiger partial charge in [0, 0.05) is 0 Å². The lowest BCUT2D eigenvalue weighted by Crippen LogP contribution is -2.23. The van der Waals surface area contributed by atoms with Crippen LogP contribution in [0.4, 0.5) is 0 Å². The Bertz CT molecular complexity index is 893. The lowest BCUT2D eigenvalue weighted by molar-refractivity contribution is 0.0268. The summed E-state index contributed by atoms with van der Waals surface area (Å²) in [6.45, 7) is 0.539. The second kappa shape index (κ2) is 11.4. The standard InChI is InChI=1S/C25H30O8/c1-28-20-10-8-16(12-22(20)30-3)24(26)32-14-18-6-5-7-19(18)15-33-25(27)17-9-11-21(29-2)23(13-17)31-4/h8-13,18-19H,5-7,14-15H2,1-4H3. The first-order chi connectivity index (χ1) is 16.0. The van der Waals surface area contributed by atoms with Crippen LogP contribution in [0.25, 0.3) is 0 Å². The smallest absolute Gasteiger partial charge is 0.338 e. The summed E-state index contributed by atoms with van der Waals surface area (Å²) >= 11 is 0. The van der Waals surface area contributed by atoms with E-state index in [4.69, 9.17) is 28.4 Å². The van der Waals surface area contributed by atoms with E-state index < -0.39 is 11.9 Å². The van der Waals surface area contributed by atoms with E-state index in [9.17, 15) is 9.59 Å². The molecular formula is C25H30O8. The first-order valence-electron chi connectivity index (χ1n) is 10.8. The van der Waals surface area contributed by atoms with Crippen molar-refractivity contribution in [3.63, 3.8) is 0 Å². The summed E-state index contributed by atoms with van der Waals surface area (Å²) in [7, 11) is 6.10. The quantitative estimate of drug-likeness (QED) is 0.491. The summed E-state index contributed by atoms with van der Waals surface area (Å²) in [6.07, 6.45) is 2.83. The number of hydrogen-bond donors (Lipinski definition) is 0. The number of carbonyl (C=O) groups is 2. The molecule has 1 fully saturated rings. The molecule has 2 unspecified atom stereocenters. The lowest BCUT2D eigenvalue weighted by atomic mass is 9.98. The Morgan fingerprint density at radius 1 is 0.667 bits per heavy atom. The lowest BCUT2D eigenvalue weighted by Gasteiger charge is -2.19. The monoisotopic (exact) mass is 458 g/mol. The van der Waals surface area contributed by atoms with Crippen LogP contribution < -0.4 is 18.9 Å². The number of benzene rings is 2. The molecule has 0 radical (unpaired) electrons. The van der Waals surface area contributed by atoms with Crippen LogP contribution in [-0.2, 0) is 9.47 Å². The highest BCUT2D eigenvalue weighted by Gasteiger charge is 2.30. The molecule has 0 amide bonds. The van der Waals surface area contributed by atoms with Gasteiger partial charge in [0.2, 0.25) is 0 Å². The fourth-order valence-electron chi connectivity index (χ4n) is 4.01. The summed E-state index contributed by atoms with van der Waals surface area (Å²) < 4.78 is 32.0. The van der Waals surface area contributed by atoms with Crippen LogP contribution >= 0.6 is 0 Å². The molecule has 2 atom stereocenters. The Labute approximate surface area is 193 Å². The zero-order valence-corrected chi connectivity index (χ0v) is 19.4. The van der Waals surface area contributed by atoms with E-state index in [1.165, 1.54) is 28.4 Å². The van der Waals surface area contributed by atoms with Gasteiger partial charge >= 0.3 is 11.9 Å². The van der Waals surface area contributed by atoms with Gasteiger partial charge < -0.3 is 28.4 Å². The van der Waals surface area contributed by atoms with Crippen LogP contribution in [0.5, 0.6) is 23.0 Å². The Balaban J connectivity index is 1.54. The number of methoxy groups -OCH3 is 4. The van der Waals surface area contributed by atoms with Crippen molar-refractivity contribution in [2.24, 2.45) is 11.8 Å². The van der Waals surface area contributed by atoms with Crippen molar-refractivity contribution >= 4 is 11.9 Å². The molecule has 0 aromatic heterocycles. The third-order valence-electron chi connectivity index (χ3n) is 5.91. The van der Waals surface area contributed by atoms with E-state index in [1.54, 1.807) is 36.4 Å². The zero-order chi connectivity index (χ0) is 23.8. The molecule has 3 rings (SSSR count). The molecule has 0 aliphatic heterocycles. The Morgan fingerprint density at radius 3 is 1.42 bits per heavy atom. The van der Waals surface area contributed by atoms with Crippen LogP contribution in [0.15, 0.2) is 36.4 Å².